The molecular formula is C13H20O. The molecule has 0 unspecified atom stereocenters. The average molecular weight is 194 g/mol. The highest BCUT2D eigenvalue weighted by Gasteiger charge is 1.87. The minimum Gasteiger partial charge on any atom is -0.295 e. The molecule has 0 aromatic rings. The van der Waals surface area contributed by atoms with Gasteiger partial charge in [-0.25, -0.2) is 0 Å². The van der Waals surface area contributed by atoms with Crippen LogP contribution in [0, 0.1) is 0 Å². The van der Waals surface area contributed by atoms with E-state index in [-0.39, 0.29) is 5.78 Å². The van der Waals surface area contributed by atoms with Crippen LogP contribution in [-0.2, 0) is 4.79 Å². The van der Waals surface area contributed by atoms with Crippen LogP contribution < -0.4 is 0 Å². The van der Waals surface area contributed by atoms with Gasteiger partial charge in [0, 0.05) is 0 Å². The van der Waals surface area contributed by atoms with Gasteiger partial charge in [-0.2, -0.15) is 0 Å². The highest BCUT2D eigenvalue weighted by atomic mass is 16.1. The monoisotopic (exact) mass is 194 g/mol. The van der Waals surface area contributed by atoms with Gasteiger partial charge in [-0.15, -0.1) is 0 Å². The standard InChI is InChI=1S/C13H20O/c1-11(2)7-5-8-12(3)9-6-10-13(4)14/h6-7,9-10H,5,8H2,1-4H3/b10-6+,12-9+/i6+2. The lowest BCUT2D eigenvalue weighted by molar-refractivity contribution is -0.112. The second kappa shape index (κ2) is 7.31. The van der Waals surface area contributed by atoms with Gasteiger partial charge in [0.05, 0.1) is 0 Å². The number of hydrogen-bond donors (Lipinski definition) is 0. The Kier molecular flexibility index (Phi) is 6.73. The summed E-state index contributed by atoms with van der Waals surface area (Å²) in [5.74, 6) is 0.0957. The molecule has 0 heterocycles. The molecule has 1 nitrogen and oxygen atoms in total. The smallest absolute Gasteiger partial charge is 0.152 e. The molecule has 0 aliphatic carbocycles. The van der Waals surface area contributed by atoms with Gasteiger partial charge in [0.25, 0.3) is 0 Å². The van der Waals surface area contributed by atoms with E-state index in [1.54, 1.807) is 13.0 Å². The van der Waals surface area contributed by atoms with E-state index in [1.165, 1.54) is 11.1 Å². The summed E-state index contributed by atoms with van der Waals surface area (Å²) in [6.45, 7) is 7.86. The fourth-order valence-electron chi connectivity index (χ4n) is 1.02. The van der Waals surface area contributed by atoms with E-state index in [2.05, 4.69) is 26.8 Å². The summed E-state index contributed by atoms with van der Waals surface area (Å²) in [5, 5.41) is 0. The second-order valence-electron chi connectivity index (χ2n) is 3.80. The molecule has 1 heteroatoms. The Morgan fingerprint density at radius 3 is 2.36 bits per heavy atom. The van der Waals surface area contributed by atoms with Crippen molar-refractivity contribution in [1.29, 1.82) is 0 Å². The Morgan fingerprint density at radius 2 is 1.86 bits per heavy atom. The molecule has 0 saturated heterocycles. The molecular weight excluding hydrogens is 174 g/mol. The lowest BCUT2D eigenvalue weighted by Crippen LogP contribution is -1.79. The van der Waals surface area contributed by atoms with Crippen LogP contribution in [0.15, 0.2) is 35.5 Å². The second-order valence-corrected chi connectivity index (χ2v) is 3.80. The van der Waals surface area contributed by atoms with Crippen molar-refractivity contribution < 1.29 is 4.79 Å². The molecule has 0 spiro atoms. The van der Waals surface area contributed by atoms with Gasteiger partial charge >= 0.3 is 0 Å². The number of ketones is 1. The van der Waals surface area contributed by atoms with E-state index in [0.29, 0.717) is 0 Å². The minimum absolute atomic E-state index is 0.0957. The van der Waals surface area contributed by atoms with Crippen LogP contribution in [0.4, 0.5) is 0 Å². The van der Waals surface area contributed by atoms with E-state index >= 15 is 0 Å². The molecule has 0 rings (SSSR count). The number of hydrogen-bond acceptors (Lipinski definition) is 1. The molecule has 0 aliphatic heterocycles. The van der Waals surface area contributed by atoms with Gasteiger partial charge in [0.2, 0.25) is 0 Å². The number of rotatable bonds is 5. The van der Waals surface area contributed by atoms with Crippen LogP contribution in [0.1, 0.15) is 40.5 Å². The Hall–Kier alpha value is -1.11. The Labute approximate surface area is 87.2 Å². The van der Waals surface area contributed by atoms with Crippen molar-refractivity contribution in [3.05, 3.63) is 35.5 Å². The summed E-state index contributed by atoms with van der Waals surface area (Å²) >= 11 is 0. The van der Waals surface area contributed by atoms with Gasteiger partial charge < -0.3 is 0 Å². The molecule has 0 aromatic carbocycles. The molecule has 78 valence electrons. The van der Waals surface area contributed by atoms with Crippen molar-refractivity contribution in [2.45, 2.75) is 40.5 Å². The first kappa shape index (κ1) is 12.9. The quantitative estimate of drug-likeness (QED) is 0.369. The number of carbonyl (C=O) groups excluding carboxylic acids is 1. The van der Waals surface area contributed by atoms with E-state index in [0.717, 1.165) is 12.8 Å². The van der Waals surface area contributed by atoms with Crippen molar-refractivity contribution in [3.63, 3.8) is 0 Å². The highest BCUT2D eigenvalue weighted by Crippen LogP contribution is 2.06. The Balaban J connectivity index is 3.90. The predicted molar refractivity (Wildman–Crippen MR) is 62.2 cm³/mol. The van der Waals surface area contributed by atoms with Gasteiger partial charge in [-0.1, -0.05) is 29.4 Å². The summed E-state index contributed by atoms with van der Waals surface area (Å²) in [6.07, 6.45) is 9.78. The van der Waals surface area contributed by atoms with Crippen LogP contribution in [0.2, 0.25) is 0 Å². The maximum atomic E-state index is 10.6. The third-order valence-corrected chi connectivity index (χ3v) is 1.80. The SMILES string of the molecule is CC(=O)/C=[14CH]/C=C(\C)CCC=C(C)C. The summed E-state index contributed by atoms with van der Waals surface area (Å²) in [6, 6.07) is 0. The molecule has 0 saturated carbocycles. The Morgan fingerprint density at radius 1 is 1.21 bits per heavy atom. The Bertz CT molecular complexity index is 263. The maximum absolute atomic E-state index is 10.6. The van der Waals surface area contributed by atoms with E-state index in [4.69, 9.17) is 0 Å². The van der Waals surface area contributed by atoms with Crippen LogP contribution in [0.5, 0.6) is 0 Å². The lowest BCUT2D eigenvalue weighted by Gasteiger charge is -1.96. The molecule has 0 radical (unpaired) electrons. The number of allylic oxidation sites excluding steroid dienone is 6. The summed E-state index contributed by atoms with van der Waals surface area (Å²) in [5.41, 5.74) is 2.66. The highest BCUT2D eigenvalue weighted by molar-refractivity contribution is 5.87. The molecule has 0 amide bonds. The van der Waals surface area contributed by atoms with Gasteiger partial charge in [0.15, 0.2) is 5.78 Å². The van der Waals surface area contributed by atoms with Crippen LogP contribution in [0.3, 0.4) is 0 Å². The molecule has 14 heavy (non-hydrogen) atoms. The van der Waals surface area contributed by atoms with Crippen molar-refractivity contribution in [2.24, 2.45) is 0 Å². The van der Waals surface area contributed by atoms with Gasteiger partial charge in [0.1, 0.15) is 0 Å². The fraction of sp³-hybridized carbons (Fsp3) is 0.462. The van der Waals surface area contributed by atoms with Crippen LogP contribution >= 0.6 is 0 Å². The van der Waals surface area contributed by atoms with Crippen molar-refractivity contribution in [2.75, 3.05) is 0 Å². The van der Waals surface area contributed by atoms with E-state index in [9.17, 15) is 4.79 Å². The van der Waals surface area contributed by atoms with E-state index in [1.807, 2.05) is 12.2 Å². The fourth-order valence-corrected chi connectivity index (χ4v) is 1.02. The average Bonchev–Trinajstić information content (AvgIpc) is 2.02. The van der Waals surface area contributed by atoms with Gasteiger partial charge in [-0.05, 0) is 46.6 Å². The van der Waals surface area contributed by atoms with Crippen molar-refractivity contribution in [1.82, 2.24) is 0 Å². The zero-order valence-electron chi connectivity index (χ0n) is 9.63. The molecule has 0 aliphatic rings. The molecule has 0 bridgehead atoms. The zero-order valence-corrected chi connectivity index (χ0v) is 9.63. The summed E-state index contributed by atoms with van der Waals surface area (Å²) in [7, 11) is 0. The lowest BCUT2D eigenvalue weighted by atomic mass is 10.1. The number of carbonyl (C=O) groups is 1. The first-order valence-corrected chi connectivity index (χ1v) is 5.00. The van der Waals surface area contributed by atoms with Crippen molar-refractivity contribution >= 4 is 5.78 Å². The predicted octanol–water partition coefficient (Wildman–Crippen LogP) is 3.82. The van der Waals surface area contributed by atoms with Crippen molar-refractivity contribution in [3.8, 4) is 0 Å². The third kappa shape index (κ3) is 8.98. The first-order chi connectivity index (χ1) is 6.52. The first-order valence-electron chi connectivity index (χ1n) is 5.00. The maximum Gasteiger partial charge on any atom is 0.152 e. The zero-order chi connectivity index (χ0) is 11.0. The summed E-state index contributed by atoms with van der Waals surface area (Å²) < 4.78 is 0. The molecule has 0 fully saturated rings. The molecule has 0 atom stereocenters. The largest absolute Gasteiger partial charge is 0.295 e. The summed E-state index contributed by atoms with van der Waals surface area (Å²) in [4.78, 5) is 10.6. The minimum atomic E-state index is 0.0957. The molecule has 0 N–H and O–H groups in total. The van der Waals surface area contributed by atoms with Gasteiger partial charge in [-0.3, -0.25) is 4.79 Å². The normalized spacial score (nSPS) is 11.9. The van der Waals surface area contributed by atoms with E-state index < -0.39 is 0 Å². The van der Waals surface area contributed by atoms with Crippen LogP contribution in [-0.4, -0.2) is 5.78 Å². The molecule has 0 aromatic heterocycles. The third-order valence-electron chi connectivity index (χ3n) is 1.80. The van der Waals surface area contributed by atoms with Crippen LogP contribution in [0.25, 0.3) is 0 Å². The topological polar surface area (TPSA) is 17.1 Å².